The summed E-state index contributed by atoms with van der Waals surface area (Å²) in [6.07, 6.45) is 0.817. The summed E-state index contributed by atoms with van der Waals surface area (Å²) in [4.78, 5) is 0. The Morgan fingerprint density at radius 2 is 1.70 bits per heavy atom. The predicted molar refractivity (Wildman–Crippen MR) is 87.4 cm³/mol. The van der Waals surface area contributed by atoms with Crippen molar-refractivity contribution in [2.45, 2.75) is 19.4 Å². The van der Waals surface area contributed by atoms with Crippen LogP contribution in [-0.4, -0.2) is 6.04 Å². The Morgan fingerprint density at radius 1 is 1.15 bits per heavy atom. The molecular weight excluding hydrogens is 364 g/mol. The van der Waals surface area contributed by atoms with Crippen molar-refractivity contribution in [3.05, 3.63) is 62.3 Å². The van der Waals surface area contributed by atoms with Crippen LogP contribution in [0.5, 0.6) is 0 Å². The molecule has 1 unspecified atom stereocenters. The normalized spacial score (nSPS) is 12.2. The molecule has 0 aliphatic heterocycles. The number of benzene rings is 2. The Morgan fingerprint density at radius 3 is 2.25 bits per heavy atom. The van der Waals surface area contributed by atoms with Gasteiger partial charge in [0.2, 0.25) is 0 Å². The van der Waals surface area contributed by atoms with Crippen LogP contribution in [0.1, 0.15) is 12.5 Å². The second-order valence-electron chi connectivity index (χ2n) is 4.62. The molecule has 0 heterocycles. The maximum Gasteiger partial charge on any atom is 0.126 e. The van der Waals surface area contributed by atoms with E-state index >= 15 is 0 Å². The van der Waals surface area contributed by atoms with Gasteiger partial charge in [-0.2, -0.15) is 0 Å². The highest BCUT2D eigenvalue weighted by molar-refractivity contribution is 9.10. The Balaban J connectivity index is 2.08. The first kappa shape index (κ1) is 15.6. The van der Waals surface area contributed by atoms with Crippen LogP contribution in [0.15, 0.2) is 40.9 Å². The average molecular weight is 377 g/mol. The Labute approximate surface area is 136 Å². The van der Waals surface area contributed by atoms with E-state index in [1.807, 2.05) is 19.1 Å². The van der Waals surface area contributed by atoms with Gasteiger partial charge in [-0.05, 0) is 43.2 Å². The first-order valence-corrected chi connectivity index (χ1v) is 7.66. The van der Waals surface area contributed by atoms with Crippen LogP contribution < -0.4 is 5.32 Å². The summed E-state index contributed by atoms with van der Waals surface area (Å²) in [5.41, 5.74) is 1.77. The van der Waals surface area contributed by atoms with Gasteiger partial charge >= 0.3 is 0 Å². The molecule has 1 N–H and O–H groups in total. The molecule has 2 rings (SSSR count). The van der Waals surface area contributed by atoms with Crippen LogP contribution >= 0.6 is 39.1 Å². The third-order valence-corrected chi connectivity index (χ3v) is 3.98. The zero-order valence-corrected chi connectivity index (χ0v) is 13.9. The summed E-state index contributed by atoms with van der Waals surface area (Å²) in [7, 11) is 0. The van der Waals surface area contributed by atoms with Gasteiger partial charge in [-0.25, -0.2) is 4.39 Å². The van der Waals surface area contributed by atoms with E-state index in [4.69, 9.17) is 23.2 Å². The van der Waals surface area contributed by atoms with E-state index in [2.05, 4.69) is 33.4 Å². The van der Waals surface area contributed by atoms with Crippen molar-refractivity contribution in [2.24, 2.45) is 0 Å². The van der Waals surface area contributed by atoms with Crippen molar-refractivity contribution < 1.29 is 4.39 Å². The standard InChI is InChI=1S/C15H13BrCl2FN/c1-9(6-10-2-4-11(16)5-3-10)20-15-13(17)7-12(19)8-14(15)18/h2-5,7-9,20H,6H2,1H3. The highest BCUT2D eigenvalue weighted by Gasteiger charge is 2.11. The van der Waals surface area contributed by atoms with E-state index in [1.54, 1.807) is 0 Å². The van der Waals surface area contributed by atoms with Crippen LogP contribution in [0.4, 0.5) is 10.1 Å². The number of anilines is 1. The van der Waals surface area contributed by atoms with Gasteiger partial charge in [0.25, 0.3) is 0 Å². The SMILES string of the molecule is CC(Cc1ccc(Br)cc1)Nc1c(Cl)cc(F)cc1Cl. The lowest BCUT2D eigenvalue weighted by atomic mass is 10.1. The summed E-state index contributed by atoms with van der Waals surface area (Å²) in [6, 6.07) is 10.7. The molecule has 0 aliphatic rings. The summed E-state index contributed by atoms with van der Waals surface area (Å²) >= 11 is 15.4. The van der Waals surface area contributed by atoms with Gasteiger partial charge in [0.1, 0.15) is 5.82 Å². The summed E-state index contributed by atoms with van der Waals surface area (Å²) in [6.45, 7) is 2.03. The minimum Gasteiger partial charge on any atom is -0.380 e. The zero-order valence-electron chi connectivity index (χ0n) is 10.8. The molecule has 0 spiro atoms. The Bertz CT molecular complexity index is 578. The van der Waals surface area contributed by atoms with Crippen LogP contribution in [0.3, 0.4) is 0 Å². The number of halogens is 4. The highest BCUT2D eigenvalue weighted by atomic mass is 79.9. The fourth-order valence-electron chi connectivity index (χ4n) is 1.95. The maximum absolute atomic E-state index is 13.1. The quantitative estimate of drug-likeness (QED) is 0.696. The van der Waals surface area contributed by atoms with Gasteiger partial charge in [0.05, 0.1) is 15.7 Å². The van der Waals surface area contributed by atoms with E-state index < -0.39 is 5.82 Å². The largest absolute Gasteiger partial charge is 0.380 e. The minimum atomic E-state index is -0.439. The van der Waals surface area contributed by atoms with Crippen LogP contribution in [0, 0.1) is 5.82 Å². The monoisotopic (exact) mass is 375 g/mol. The second kappa shape index (κ2) is 6.79. The van der Waals surface area contributed by atoms with E-state index in [1.165, 1.54) is 17.7 Å². The van der Waals surface area contributed by atoms with E-state index in [-0.39, 0.29) is 16.1 Å². The lowest BCUT2D eigenvalue weighted by Crippen LogP contribution is -2.18. The highest BCUT2D eigenvalue weighted by Crippen LogP contribution is 2.32. The minimum absolute atomic E-state index is 0.122. The second-order valence-corrected chi connectivity index (χ2v) is 6.35. The van der Waals surface area contributed by atoms with Crippen molar-refractivity contribution in [2.75, 3.05) is 5.32 Å². The van der Waals surface area contributed by atoms with Crippen molar-refractivity contribution in [1.29, 1.82) is 0 Å². The van der Waals surface area contributed by atoms with Gasteiger partial charge in [-0.15, -0.1) is 0 Å². The van der Waals surface area contributed by atoms with Gasteiger partial charge in [-0.1, -0.05) is 51.3 Å². The third kappa shape index (κ3) is 4.11. The lowest BCUT2D eigenvalue weighted by molar-refractivity contribution is 0.628. The molecule has 1 atom stereocenters. The molecule has 106 valence electrons. The number of nitrogens with one attached hydrogen (secondary N) is 1. The predicted octanol–water partition coefficient (Wildman–Crippen LogP) is 5.94. The molecule has 0 bridgehead atoms. The van der Waals surface area contributed by atoms with Gasteiger partial charge < -0.3 is 5.32 Å². The molecule has 20 heavy (non-hydrogen) atoms. The molecule has 0 amide bonds. The smallest absolute Gasteiger partial charge is 0.126 e. The van der Waals surface area contributed by atoms with Crippen molar-refractivity contribution >= 4 is 44.8 Å². The van der Waals surface area contributed by atoms with E-state index in [0.717, 1.165) is 10.9 Å². The molecule has 0 radical (unpaired) electrons. The number of hydrogen-bond acceptors (Lipinski definition) is 1. The molecular formula is C15H13BrCl2FN. The van der Waals surface area contributed by atoms with Gasteiger partial charge in [0, 0.05) is 10.5 Å². The molecule has 2 aromatic carbocycles. The Kier molecular flexibility index (Phi) is 5.30. The lowest BCUT2D eigenvalue weighted by Gasteiger charge is -2.17. The molecule has 5 heteroatoms. The summed E-state index contributed by atoms with van der Waals surface area (Å²) < 4.78 is 14.2. The van der Waals surface area contributed by atoms with Crippen LogP contribution in [0.25, 0.3) is 0 Å². The Hall–Kier alpha value is -0.770. The maximum atomic E-state index is 13.1. The zero-order chi connectivity index (χ0) is 14.7. The molecule has 0 aliphatic carbocycles. The molecule has 0 aromatic heterocycles. The van der Waals surface area contributed by atoms with Crippen LogP contribution in [-0.2, 0) is 6.42 Å². The van der Waals surface area contributed by atoms with Gasteiger partial charge in [0.15, 0.2) is 0 Å². The molecule has 2 aromatic rings. The van der Waals surface area contributed by atoms with E-state index in [9.17, 15) is 4.39 Å². The van der Waals surface area contributed by atoms with Gasteiger partial charge in [-0.3, -0.25) is 0 Å². The molecule has 1 nitrogen and oxygen atoms in total. The van der Waals surface area contributed by atoms with Crippen LogP contribution in [0.2, 0.25) is 10.0 Å². The molecule has 0 saturated heterocycles. The number of rotatable bonds is 4. The third-order valence-electron chi connectivity index (χ3n) is 2.85. The first-order chi connectivity index (χ1) is 9.45. The summed E-state index contributed by atoms with van der Waals surface area (Å²) in [5, 5.41) is 3.81. The van der Waals surface area contributed by atoms with Crippen molar-refractivity contribution in [1.82, 2.24) is 0 Å². The van der Waals surface area contributed by atoms with E-state index in [0.29, 0.717) is 5.69 Å². The first-order valence-electron chi connectivity index (χ1n) is 6.11. The topological polar surface area (TPSA) is 12.0 Å². The number of hydrogen-bond donors (Lipinski definition) is 1. The molecule has 0 saturated carbocycles. The van der Waals surface area contributed by atoms with Crippen molar-refractivity contribution in [3.8, 4) is 0 Å². The fraction of sp³-hybridized carbons (Fsp3) is 0.200. The summed E-state index contributed by atoms with van der Waals surface area (Å²) in [5.74, 6) is -0.439. The fourth-order valence-corrected chi connectivity index (χ4v) is 2.79. The van der Waals surface area contributed by atoms with Crippen molar-refractivity contribution in [3.63, 3.8) is 0 Å². The average Bonchev–Trinajstić information content (AvgIpc) is 2.36. The molecule has 0 fully saturated rings.